The highest BCUT2D eigenvalue weighted by atomic mass is 35.5. The highest BCUT2D eigenvalue weighted by molar-refractivity contribution is 6.39. The molecule has 13 heteroatoms. The molecule has 1 aliphatic heterocycles. The first-order chi connectivity index (χ1) is 17.1. The SMILES string of the molecule is O=C(C=Cc1ccco1)NCc1cc(Cl)c(C(=O)N[C@@H](CNC(=O)[C@@H]2C[C@H](O)CN2)C(=O)O)c(Cl)c1. The van der Waals surface area contributed by atoms with Gasteiger partial charge in [-0.25, -0.2) is 4.79 Å². The van der Waals surface area contributed by atoms with Gasteiger partial charge in [-0.3, -0.25) is 14.4 Å². The van der Waals surface area contributed by atoms with E-state index in [1.165, 1.54) is 30.5 Å². The lowest BCUT2D eigenvalue weighted by atomic mass is 10.1. The third-order valence-corrected chi connectivity index (χ3v) is 5.84. The maximum absolute atomic E-state index is 12.7. The quantitative estimate of drug-likeness (QED) is 0.242. The highest BCUT2D eigenvalue weighted by Gasteiger charge is 2.30. The zero-order valence-electron chi connectivity index (χ0n) is 18.8. The number of aliphatic carboxylic acids is 1. The number of carboxylic acids is 1. The molecule has 11 nitrogen and oxygen atoms in total. The predicted molar refractivity (Wildman–Crippen MR) is 130 cm³/mol. The van der Waals surface area contributed by atoms with Gasteiger partial charge in [-0.05, 0) is 42.3 Å². The number of aliphatic hydroxyl groups is 1. The van der Waals surface area contributed by atoms with Crippen molar-refractivity contribution in [2.24, 2.45) is 0 Å². The fourth-order valence-corrected chi connectivity index (χ4v) is 4.11. The molecule has 0 radical (unpaired) electrons. The van der Waals surface area contributed by atoms with Crippen LogP contribution in [0.4, 0.5) is 0 Å². The summed E-state index contributed by atoms with van der Waals surface area (Å²) in [5, 5.41) is 29.1. The number of carbonyl (C=O) groups is 4. The lowest BCUT2D eigenvalue weighted by Gasteiger charge is -2.18. The number of carboxylic acid groups (broad SMARTS) is 1. The molecule has 36 heavy (non-hydrogen) atoms. The van der Waals surface area contributed by atoms with Crippen LogP contribution in [-0.4, -0.2) is 65.2 Å². The average molecular weight is 539 g/mol. The lowest BCUT2D eigenvalue weighted by Crippen LogP contribution is -2.51. The van der Waals surface area contributed by atoms with E-state index in [1.807, 2.05) is 0 Å². The molecular weight excluding hydrogens is 515 g/mol. The van der Waals surface area contributed by atoms with Crippen molar-refractivity contribution in [2.75, 3.05) is 13.1 Å². The second kappa shape index (κ2) is 12.5. The zero-order valence-corrected chi connectivity index (χ0v) is 20.3. The van der Waals surface area contributed by atoms with E-state index in [0.29, 0.717) is 11.3 Å². The molecule has 0 saturated carbocycles. The number of hydrogen-bond donors (Lipinski definition) is 6. The minimum Gasteiger partial charge on any atom is -0.480 e. The van der Waals surface area contributed by atoms with E-state index in [2.05, 4.69) is 21.3 Å². The fourth-order valence-electron chi connectivity index (χ4n) is 3.41. The van der Waals surface area contributed by atoms with Crippen LogP contribution < -0.4 is 21.3 Å². The van der Waals surface area contributed by atoms with Crippen LogP contribution in [0.25, 0.3) is 6.08 Å². The number of β-amino-alcohol motifs (C(OH)–C–C–N with tert-alkyl or cyclic N) is 1. The Hall–Kier alpha value is -3.38. The van der Waals surface area contributed by atoms with Gasteiger partial charge >= 0.3 is 5.97 Å². The van der Waals surface area contributed by atoms with Crippen LogP contribution in [-0.2, 0) is 20.9 Å². The monoisotopic (exact) mass is 538 g/mol. The Labute approximate surface area is 215 Å². The number of carbonyl (C=O) groups excluding carboxylic acids is 3. The van der Waals surface area contributed by atoms with E-state index in [-0.39, 0.29) is 41.7 Å². The van der Waals surface area contributed by atoms with Crippen molar-refractivity contribution in [3.8, 4) is 0 Å². The smallest absolute Gasteiger partial charge is 0.328 e. The molecule has 1 fully saturated rings. The van der Waals surface area contributed by atoms with Crippen LogP contribution in [0, 0.1) is 0 Å². The predicted octanol–water partition coefficient (Wildman–Crippen LogP) is 0.938. The molecular formula is C23H24Cl2N4O7. The van der Waals surface area contributed by atoms with E-state index < -0.39 is 41.9 Å². The second-order valence-corrected chi connectivity index (χ2v) is 8.78. The van der Waals surface area contributed by atoms with Crippen LogP contribution in [0.15, 0.2) is 41.0 Å². The summed E-state index contributed by atoms with van der Waals surface area (Å²) in [6.45, 7) is -0.0646. The van der Waals surface area contributed by atoms with Gasteiger partial charge in [0, 0.05) is 25.7 Å². The van der Waals surface area contributed by atoms with E-state index in [0.717, 1.165) is 0 Å². The Morgan fingerprint density at radius 2 is 1.92 bits per heavy atom. The van der Waals surface area contributed by atoms with E-state index in [9.17, 15) is 29.4 Å². The second-order valence-electron chi connectivity index (χ2n) is 7.96. The Morgan fingerprint density at radius 1 is 1.19 bits per heavy atom. The van der Waals surface area contributed by atoms with Crippen molar-refractivity contribution in [1.29, 1.82) is 0 Å². The first kappa shape index (κ1) is 27.2. The van der Waals surface area contributed by atoms with Crippen molar-refractivity contribution in [3.05, 3.63) is 63.5 Å². The summed E-state index contributed by atoms with van der Waals surface area (Å²) >= 11 is 12.5. The van der Waals surface area contributed by atoms with Crippen LogP contribution in [0.3, 0.4) is 0 Å². The van der Waals surface area contributed by atoms with Crippen LogP contribution in [0.5, 0.6) is 0 Å². The van der Waals surface area contributed by atoms with Crippen LogP contribution in [0.1, 0.15) is 28.1 Å². The van der Waals surface area contributed by atoms with Gasteiger partial charge < -0.3 is 35.9 Å². The maximum atomic E-state index is 12.7. The summed E-state index contributed by atoms with van der Waals surface area (Å²) in [5.41, 5.74) is 0.360. The number of furan rings is 1. The molecule has 2 aromatic rings. The van der Waals surface area contributed by atoms with Gasteiger partial charge in [-0.15, -0.1) is 0 Å². The number of aliphatic hydroxyl groups excluding tert-OH is 1. The molecule has 0 unspecified atom stereocenters. The fraction of sp³-hybridized carbons (Fsp3) is 0.304. The minimum absolute atomic E-state index is 0.0484. The van der Waals surface area contributed by atoms with Crippen LogP contribution >= 0.6 is 23.2 Å². The first-order valence-corrected chi connectivity index (χ1v) is 11.6. The molecule has 1 aliphatic rings. The van der Waals surface area contributed by atoms with Gasteiger partial charge in [0.2, 0.25) is 11.8 Å². The molecule has 2 heterocycles. The molecule has 1 aromatic heterocycles. The Balaban J connectivity index is 1.57. The lowest BCUT2D eigenvalue weighted by molar-refractivity contribution is -0.139. The molecule has 3 amide bonds. The number of benzene rings is 1. The average Bonchev–Trinajstić information content (AvgIpc) is 3.50. The highest BCUT2D eigenvalue weighted by Crippen LogP contribution is 2.27. The van der Waals surface area contributed by atoms with Gasteiger partial charge in [0.05, 0.1) is 34.0 Å². The summed E-state index contributed by atoms with van der Waals surface area (Å²) in [5.74, 6) is -2.60. The summed E-state index contributed by atoms with van der Waals surface area (Å²) in [4.78, 5) is 48.5. The van der Waals surface area contributed by atoms with Gasteiger partial charge in [0.1, 0.15) is 11.8 Å². The third-order valence-electron chi connectivity index (χ3n) is 5.25. The van der Waals surface area contributed by atoms with Crippen molar-refractivity contribution in [2.45, 2.75) is 31.2 Å². The molecule has 6 N–H and O–H groups in total. The topological polar surface area (TPSA) is 170 Å². The number of hydrogen-bond acceptors (Lipinski definition) is 7. The maximum Gasteiger partial charge on any atom is 0.328 e. The summed E-state index contributed by atoms with van der Waals surface area (Å²) in [6, 6.07) is 4.12. The largest absolute Gasteiger partial charge is 0.480 e. The van der Waals surface area contributed by atoms with Gasteiger partial charge in [-0.2, -0.15) is 0 Å². The Bertz CT molecular complexity index is 1130. The molecule has 3 atom stereocenters. The first-order valence-electron chi connectivity index (χ1n) is 10.8. The zero-order chi connectivity index (χ0) is 26.2. The standard InChI is InChI=1S/C23H24Cl2N4O7/c24-15-6-12(9-27-19(31)4-3-14-2-1-5-36-14)7-16(25)20(15)22(33)29-18(23(34)35)11-28-21(32)17-8-13(30)10-26-17/h1-7,13,17-18,26,30H,8-11H2,(H,27,31)(H,28,32)(H,29,33)(H,34,35)/t13-,17-,18-/m0/s1. The third kappa shape index (κ3) is 7.56. The summed E-state index contributed by atoms with van der Waals surface area (Å²) in [6.07, 6.45) is 3.81. The molecule has 192 valence electrons. The van der Waals surface area contributed by atoms with Crippen molar-refractivity contribution in [3.63, 3.8) is 0 Å². The number of nitrogens with one attached hydrogen (secondary N) is 4. The summed E-state index contributed by atoms with van der Waals surface area (Å²) < 4.78 is 5.10. The minimum atomic E-state index is -1.46. The number of rotatable bonds is 10. The molecule has 1 saturated heterocycles. The van der Waals surface area contributed by atoms with E-state index in [1.54, 1.807) is 12.1 Å². The van der Waals surface area contributed by atoms with Crippen molar-refractivity contribution in [1.82, 2.24) is 21.3 Å². The molecule has 0 spiro atoms. The molecule has 1 aromatic carbocycles. The Morgan fingerprint density at radius 3 is 2.50 bits per heavy atom. The van der Waals surface area contributed by atoms with Crippen LogP contribution in [0.2, 0.25) is 10.0 Å². The normalized spacial score (nSPS) is 18.1. The number of halogens is 2. The molecule has 0 bridgehead atoms. The number of amides is 3. The van der Waals surface area contributed by atoms with Gasteiger partial charge in [0.15, 0.2) is 0 Å². The molecule has 3 rings (SSSR count). The van der Waals surface area contributed by atoms with Gasteiger partial charge in [-0.1, -0.05) is 23.2 Å². The Kier molecular flexibility index (Phi) is 9.48. The van der Waals surface area contributed by atoms with E-state index in [4.69, 9.17) is 27.6 Å². The summed E-state index contributed by atoms with van der Waals surface area (Å²) in [7, 11) is 0. The van der Waals surface area contributed by atoms with Crippen molar-refractivity contribution >= 4 is 53.0 Å². The van der Waals surface area contributed by atoms with E-state index >= 15 is 0 Å². The van der Waals surface area contributed by atoms with Crippen molar-refractivity contribution < 1.29 is 33.8 Å². The molecule has 0 aliphatic carbocycles. The van der Waals surface area contributed by atoms with Gasteiger partial charge in [0.25, 0.3) is 5.91 Å².